The summed E-state index contributed by atoms with van der Waals surface area (Å²) in [6.45, 7) is 2.74. The summed E-state index contributed by atoms with van der Waals surface area (Å²) in [5.41, 5.74) is 2.73. The molecule has 3 aromatic rings. The Morgan fingerprint density at radius 3 is 2.81 bits per heavy atom. The van der Waals surface area contributed by atoms with Gasteiger partial charge in [0, 0.05) is 37.6 Å². The van der Waals surface area contributed by atoms with Crippen LogP contribution in [-0.2, 0) is 6.42 Å². The van der Waals surface area contributed by atoms with Crippen LogP contribution in [0.2, 0.25) is 0 Å². The molecule has 0 radical (unpaired) electrons. The van der Waals surface area contributed by atoms with Crippen molar-refractivity contribution in [2.24, 2.45) is 4.99 Å². The highest BCUT2D eigenvalue weighted by Crippen LogP contribution is 2.35. The molecule has 2 heterocycles. The van der Waals surface area contributed by atoms with Gasteiger partial charge in [-0.05, 0) is 31.0 Å². The summed E-state index contributed by atoms with van der Waals surface area (Å²) < 4.78 is 12.1. The molecule has 0 fully saturated rings. The molecule has 0 saturated carbocycles. The highest BCUT2D eigenvalue weighted by molar-refractivity contribution is 6.01. The molecule has 4 heteroatoms. The van der Waals surface area contributed by atoms with Gasteiger partial charge in [0.15, 0.2) is 11.5 Å². The third-order valence-corrected chi connectivity index (χ3v) is 5.02. The van der Waals surface area contributed by atoms with Crippen molar-refractivity contribution in [1.29, 1.82) is 0 Å². The van der Waals surface area contributed by atoms with E-state index in [9.17, 15) is 4.79 Å². The van der Waals surface area contributed by atoms with Gasteiger partial charge in [-0.25, -0.2) is 0 Å². The highest BCUT2D eigenvalue weighted by Gasteiger charge is 2.21. The topological polar surface area (TPSA) is 51.8 Å². The van der Waals surface area contributed by atoms with E-state index >= 15 is 0 Å². The van der Waals surface area contributed by atoms with Crippen LogP contribution in [-0.4, -0.2) is 24.6 Å². The average molecular weight is 361 g/mol. The van der Waals surface area contributed by atoms with E-state index in [0.717, 1.165) is 41.6 Å². The fourth-order valence-electron chi connectivity index (χ4n) is 3.55. The molecule has 0 N–H and O–H groups in total. The van der Waals surface area contributed by atoms with Crippen LogP contribution in [0.4, 0.5) is 0 Å². The number of nitrogens with zero attached hydrogens (tertiary/aromatic N) is 1. The lowest BCUT2D eigenvalue weighted by molar-refractivity contribution is 0.0957. The van der Waals surface area contributed by atoms with E-state index in [4.69, 9.17) is 9.15 Å². The van der Waals surface area contributed by atoms with E-state index in [0.29, 0.717) is 24.2 Å². The van der Waals surface area contributed by atoms with Crippen LogP contribution in [0.25, 0.3) is 11.0 Å². The lowest BCUT2D eigenvalue weighted by Crippen LogP contribution is -2.21. The fourth-order valence-corrected chi connectivity index (χ4v) is 3.55. The minimum Gasteiger partial charge on any atom is -0.489 e. The third-order valence-electron chi connectivity index (χ3n) is 5.02. The van der Waals surface area contributed by atoms with Crippen molar-refractivity contribution in [1.82, 2.24) is 0 Å². The van der Waals surface area contributed by atoms with Crippen molar-refractivity contribution >= 4 is 23.0 Å². The standard InChI is InChI=1S/C23H23NO3/c1-16-22-20(26-18-12-14-24-15-13-18)8-5-9-21(22)27-23(16)19(25)11-10-17-6-3-2-4-7-17/h2-9,14,18H,10-13,15H2,1H3/t18-/m1/s1. The zero-order valence-corrected chi connectivity index (χ0v) is 15.5. The summed E-state index contributed by atoms with van der Waals surface area (Å²) in [5.74, 6) is 1.27. The number of carbonyl (C=O) groups is 1. The second-order valence-electron chi connectivity index (χ2n) is 6.95. The Morgan fingerprint density at radius 2 is 2.04 bits per heavy atom. The van der Waals surface area contributed by atoms with Crippen LogP contribution < -0.4 is 4.74 Å². The van der Waals surface area contributed by atoms with Crippen LogP contribution >= 0.6 is 0 Å². The van der Waals surface area contributed by atoms with Crippen molar-refractivity contribution < 1.29 is 13.9 Å². The van der Waals surface area contributed by atoms with Crippen LogP contribution in [0.1, 0.15) is 40.9 Å². The lowest BCUT2D eigenvalue weighted by atomic mass is 10.0. The Bertz CT molecular complexity index is 972. The first kappa shape index (κ1) is 17.5. The Kier molecular flexibility index (Phi) is 5.05. The number of hydrogen-bond donors (Lipinski definition) is 0. The minimum absolute atomic E-state index is 0.0308. The molecule has 138 valence electrons. The Hall–Kier alpha value is -2.88. The number of rotatable bonds is 6. The molecular formula is C23H23NO3. The quantitative estimate of drug-likeness (QED) is 0.569. The Balaban J connectivity index is 1.57. The van der Waals surface area contributed by atoms with Gasteiger partial charge in [-0.15, -0.1) is 0 Å². The van der Waals surface area contributed by atoms with E-state index in [-0.39, 0.29) is 11.9 Å². The maximum absolute atomic E-state index is 12.8. The number of fused-ring (bicyclic) bond motifs is 1. The molecule has 2 aromatic carbocycles. The van der Waals surface area contributed by atoms with Gasteiger partial charge in [0.05, 0.1) is 5.39 Å². The lowest BCUT2D eigenvalue weighted by Gasteiger charge is -2.19. The van der Waals surface area contributed by atoms with Crippen molar-refractivity contribution in [3.63, 3.8) is 0 Å². The largest absolute Gasteiger partial charge is 0.489 e. The summed E-state index contributed by atoms with van der Waals surface area (Å²) in [5, 5.41) is 0.906. The van der Waals surface area contributed by atoms with Gasteiger partial charge < -0.3 is 9.15 Å². The monoisotopic (exact) mass is 361 g/mol. The molecule has 4 nitrogen and oxygen atoms in total. The number of ether oxygens (including phenoxy) is 1. The molecule has 1 aromatic heterocycles. The molecule has 1 aliphatic rings. The number of carbonyl (C=O) groups excluding carboxylic acids is 1. The molecule has 4 rings (SSSR count). The zero-order chi connectivity index (χ0) is 18.6. The van der Waals surface area contributed by atoms with E-state index < -0.39 is 0 Å². The molecular weight excluding hydrogens is 338 g/mol. The second-order valence-corrected chi connectivity index (χ2v) is 6.95. The predicted octanol–water partition coefficient (Wildman–Crippen LogP) is 5.17. The van der Waals surface area contributed by atoms with Gasteiger partial charge in [-0.1, -0.05) is 36.4 Å². The van der Waals surface area contributed by atoms with Gasteiger partial charge in [-0.2, -0.15) is 0 Å². The Labute approximate surface area is 158 Å². The molecule has 0 saturated heterocycles. The number of Topliss-reactive ketones (excluding diaryl/α,β-unsaturated/α-hetero) is 1. The molecule has 0 amide bonds. The van der Waals surface area contributed by atoms with Gasteiger partial charge in [0.25, 0.3) is 0 Å². The van der Waals surface area contributed by atoms with Crippen LogP contribution in [0.15, 0.2) is 57.9 Å². The van der Waals surface area contributed by atoms with Crippen LogP contribution in [0.3, 0.4) is 0 Å². The van der Waals surface area contributed by atoms with Crippen molar-refractivity contribution in [2.75, 3.05) is 6.54 Å². The molecule has 0 spiro atoms. The van der Waals surface area contributed by atoms with Crippen molar-refractivity contribution in [3.8, 4) is 5.75 Å². The number of aliphatic imine (C=N–C) groups is 1. The summed E-state index contributed by atoms with van der Waals surface area (Å²) in [6.07, 6.45) is 4.92. The van der Waals surface area contributed by atoms with E-state index in [1.807, 2.05) is 61.7 Å². The van der Waals surface area contributed by atoms with Gasteiger partial charge in [0.1, 0.15) is 17.4 Å². The third kappa shape index (κ3) is 3.80. The van der Waals surface area contributed by atoms with Gasteiger partial charge in [0.2, 0.25) is 0 Å². The Morgan fingerprint density at radius 1 is 1.19 bits per heavy atom. The summed E-state index contributed by atoms with van der Waals surface area (Å²) in [7, 11) is 0. The first-order valence-corrected chi connectivity index (χ1v) is 9.46. The molecule has 1 atom stereocenters. The van der Waals surface area contributed by atoms with Crippen molar-refractivity contribution in [3.05, 3.63) is 65.4 Å². The summed E-state index contributed by atoms with van der Waals surface area (Å²) in [6, 6.07) is 15.8. The second kappa shape index (κ2) is 7.78. The first-order valence-electron chi connectivity index (χ1n) is 9.46. The highest BCUT2D eigenvalue weighted by atomic mass is 16.5. The van der Waals surface area contributed by atoms with Crippen LogP contribution in [0, 0.1) is 6.92 Å². The van der Waals surface area contributed by atoms with Gasteiger partial charge in [-0.3, -0.25) is 9.79 Å². The van der Waals surface area contributed by atoms with E-state index in [1.54, 1.807) is 0 Å². The zero-order valence-electron chi connectivity index (χ0n) is 15.5. The number of furan rings is 1. The first-order chi connectivity index (χ1) is 13.2. The number of aryl methyl sites for hydroxylation is 2. The molecule has 27 heavy (non-hydrogen) atoms. The SMILES string of the molecule is Cc1c(C(=O)CCc2ccccc2)oc2cccc(O[C@@H]3CC=NCC3)c12. The van der Waals surface area contributed by atoms with Crippen molar-refractivity contribution in [2.45, 2.75) is 38.7 Å². The maximum atomic E-state index is 12.8. The fraction of sp³-hybridized carbons (Fsp3) is 0.304. The molecule has 1 aliphatic heterocycles. The molecule has 0 aliphatic carbocycles. The van der Waals surface area contributed by atoms with E-state index in [2.05, 4.69) is 4.99 Å². The van der Waals surface area contributed by atoms with Crippen LogP contribution in [0.5, 0.6) is 5.75 Å². The minimum atomic E-state index is 0.0308. The van der Waals surface area contributed by atoms with Gasteiger partial charge >= 0.3 is 0 Å². The number of benzene rings is 2. The predicted molar refractivity (Wildman–Crippen MR) is 107 cm³/mol. The maximum Gasteiger partial charge on any atom is 0.198 e. The molecule has 0 unspecified atom stereocenters. The summed E-state index contributed by atoms with van der Waals surface area (Å²) >= 11 is 0. The number of ketones is 1. The summed E-state index contributed by atoms with van der Waals surface area (Å²) in [4.78, 5) is 17.0. The number of hydrogen-bond acceptors (Lipinski definition) is 4. The smallest absolute Gasteiger partial charge is 0.198 e. The average Bonchev–Trinajstić information content (AvgIpc) is 3.05. The van der Waals surface area contributed by atoms with E-state index in [1.165, 1.54) is 0 Å². The molecule has 0 bridgehead atoms. The normalized spacial score (nSPS) is 16.6.